The number of halogens is 2. The number of nitrogens with one attached hydrogen (secondary N) is 3. The van der Waals surface area contributed by atoms with E-state index in [1.807, 2.05) is 23.1 Å². The first-order valence-electron chi connectivity index (χ1n) is 11.6. The van der Waals surface area contributed by atoms with Crippen molar-refractivity contribution in [2.24, 2.45) is 0 Å². The van der Waals surface area contributed by atoms with E-state index < -0.39 is 5.91 Å². The topological polar surface area (TPSA) is 102 Å². The fourth-order valence-electron chi connectivity index (χ4n) is 4.00. The Bertz CT molecular complexity index is 1340. The molecule has 1 saturated heterocycles. The summed E-state index contributed by atoms with van der Waals surface area (Å²) in [5, 5.41) is 9.27. The largest absolute Gasteiger partial charge is 0.368 e. The molecule has 1 aliphatic rings. The van der Waals surface area contributed by atoms with Crippen LogP contribution in [0.25, 0.3) is 0 Å². The van der Waals surface area contributed by atoms with E-state index in [1.165, 1.54) is 6.20 Å². The Kier molecular flexibility index (Phi) is 8.15. The maximum absolute atomic E-state index is 11.8. The van der Waals surface area contributed by atoms with E-state index in [4.69, 9.17) is 23.2 Å². The van der Waals surface area contributed by atoms with Crippen molar-refractivity contribution in [2.75, 3.05) is 47.0 Å². The van der Waals surface area contributed by atoms with E-state index in [-0.39, 0.29) is 10.9 Å². The van der Waals surface area contributed by atoms with Crippen LogP contribution in [0.1, 0.15) is 12.5 Å². The van der Waals surface area contributed by atoms with Gasteiger partial charge in [-0.3, -0.25) is 9.59 Å². The summed E-state index contributed by atoms with van der Waals surface area (Å²) in [6.07, 6.45) is 1.51. The minimum absolute atomic E-state index is 0.105. The predicted octanol–water partition coefficient (Wildman–Crippen LogP) is 5.29. The molecule has 2 heterocycles. The van der Waals surface area contributed by atoms with Gasteiger partial charge in [0.1, 0.15) is 5.02 Å². The SMILES string of the molecule is C=C(Cl)C(=O)Nc1cccc(Nc2nc(Nc3ccc(N4CCN(C(C)=O)CC4)c(C)c3)ncc2Cl)c1. The number of carbonyl (C=O) groups is 2. The van der Waals surface area contributed by atoms with Gasteiger partial charge in [0.25, 0.3) is 5.91 Å². The van der Waals surface area contributed by atoms with Gasteiger partial charge in [-0.1, -0.05) is 35.8 Å². The van der Waals surface area contributed by atoms with E-state index in [1.54, 1.807) is 25.1 Å². The summed E-state index contributed by atoms with van der Waals surface area (Å²) in [5.41, 5.74) is 4.28. The van der Waals surface area contributed by atoms with Crippen molar-refractivity contribution in [3.63, 3.8) is 0 Å². The zero-order valence-electron chi connectivity index (χ0n) is 20.5. The van der Waals surface area contributed by atoms with Crippen LogP contribution in [0.15, 0.2) is 60.3 Å². The quantitative estimate of drug-likeness (QED) is 0.350. The van der Waals surface area contributed by atoms with Crippen LogP contribution < -0.4 is 20.9 Å². The molecule has 3 N–H and O–H groups in total. The fourth-order valence-corrected chi connectivity index (χ4v) is 4.19. The highest BCUT2D eigenvalue weighted by molar-refractivity contribution is 6.43. The molecule has 37 heavy (non-hydrogen) atoms. The highest BCUT2D eigenvalue weighted by atomic mass is 35.5. The monoisotopic (exact) mass is 539 g/mol. The van der Waals surface area contributed by atoms with Gasteiger partial charge in [-0.15, -0.1) is 0 Å². The number of piperazine rings is 1. The van der Waals surface area contributed by atoms with Crippen molar-refractivity contribution in [1.82, 2.24) is 14.9 Å². The molecule has 2 aromatic carbocycles. The standard InChI is InChI=1S/C26H27Cl2N7O2/c1-16-13-21(7-8-23(16)35-11-9-34(10-12-35)18(3)36)32-26-29-15-22(28)24(33-26)30-19-5-4-6-20(14-19)31-25(37)17(2)27/h4-8,13-15H,2,9-12H2,1,3H3,(H,31,37)(H2,29,30,32,33). The first-order chi connectivity index (χ1) is 17.7. The molecule has 0 saturated carbocycles. The normalized spacial score (nSPS) is 13.2. The molecular formula is C26H27Cl2N7O2. The van der Waals surface area contributed by atoms with E-state index in [0.29, 0.717) is 28.2 Å². The van der Waals surface area contributed by atoms with Gasteiger partial charge in [0.05, 0.1) is 11.2 Å². The molecule has 1 aromatic heterocycles. The van der Waals surface area contributed by atoms with Crippen LogP contribution in [-0.2, 0) is 9.59 Å². The zero-order valence-corrected chi connectivity index (χ0v) is 22.0. The number of benzene rings is 2. The van der Waals surface area contributed by atoms with Gasteiger partial charge in [-0.25, -0.2) is 4.98 Å². The number of hydrogen-bond acceptors (Lipinski definition) is 7. The van der Waals surface area contributed by atoms with Crippen LogP contribution in [0.4, 0.5) is 34.5 Å². The maximum Gasteiger partial charge on any atom is 0.266 e. The molecule has 0 spiro atoms. The number of amides is 2. The second-order valence-electron chi connectivity index (χ2n) is 8.57. The number of anilines is 6. The number of rotatable bonds is 7. The Hall–Kier alpha value is -3.82. The molecule has 0 radical (unpaired) electrons. The van der Waals surface area contributed by atoms with Gasteiger partial charge >= 0.3 is 0 Å². The van der Waals surface area contributed by atoms with Crippen LogP contribution in [-0.4, -0.2) is 52.9 Å². The lowest BCUT2D eigenvalue weighted by atomic mass is 10.1. The first-order valence-corrected chi connectivity index (χ1v) is 12.4. The third-order valence-electron chi connectivity index (χ3n) is 5.89. The van der Waals surface area contributed by atoms with Crippen molar-refractivity contribution >= 4 is 69.5 Å². The molecule has 0 bridgehead atoms. The number of aryl methyl sites for hydroxylation is 1. The van der Waals surface area contributed by atoms with Crippen molar-refractivity contribution < 1.29 is 9.59 Å². The molecule has 2 amide bonds. The number of aromatic nitrogens is 2. The molecule has 3 aromatic rings. The summed E-state index contributed by atoms with van der Waals surface area (Å²) in [6, 6.07) is 13.1. The summed E-state index contributed by atoms with van der Waals surface area (Å²) in [6.45, 7) is 10.1. The second-order valence-corrected chi connectivity index (χ2v) is 9.44. The molecular weight excluding hydrogens is 513 g/mol. The summed E-state index contributed by atoms with van der Waals surface area (Å²) >= 11 is 12.0. The number of hydrogen-bond donors (Lipinski definition) is 3. The highest BCUT2D eigenvalue weighted by Crippen LogP contribution is 2.29. The highest BCUT2D eigenvalue weighted by Gasteiger charge is 2.20. The van der Waals surface area contributed by atoms with Crippen LogP contribution in [0.5, 0.6) is 0 Å². The van der Waals surface area contributed by atoms with Crippen molar-refractivity contribution in [3.8, 4) is 0 Å². The number of nitrogens with zero attached hydrogens (tertiary/aromatic N) is 4. The van der Waals surface area contributed by atoms with Gasteiger partial charge in [0.15, 0.2) is 5.82 Å². The van der Waals surface area contributed by atoms with E-state index >= 15 is 0 Å². The Morgan fingerprint density at radius 1 is 1.00 bits per heavy atom. The Morgan fingerprint density at radius 3 is 2.38 bits per heavy atom. The minimum Gasteiger partial charge on any atom is -0.368 e. The van der Waals surface area contributed by atoms with E-state index in [0.717, 1.165) is 43.1 Å². The second kappa shape index (κ2) is 11.5. The van der Waals surface area contributed by atoms with Gasteiger partial charge in [0.2, 0.25) is 11.9 Å². The van der Waals surface area contributed by atoms with Gasteiger partial charge in [0, 0.05) is 55.9 Å². The van der Waals surface area contributed by atoms with Gasteiger partial charge in [-0.2, -0.15) is 4.98 Å². The van der Waals surface area contributed by atoms with Crippen LogP contribution in [0, 0.1) is 6.92 Å². The zero-order chi connectivity index (χ0) is 26.5. The molecule has 1 fully saturated rings. The molecule has 0 atom stereocenters. The third-order valence-corrected chi connectivity index (χ3v) is 6.34. The van der Waals surface area contributed by atoms with E-state index in [2.05, 4.69) is 50.4 Å². The average molecular weight is 540 g/mol. The Labute approximate surface area is 225 Å². The predicted molar refractivity (Wildman–Crippen MR) is 149 cm³/mol. The molecule has 0 unspecified atom stereocenters. The average Bonchev–Trinajstić information content (AvgIpc) is 2.86. The van der Waals surface area contributed by atoms with Crippen molar-refractivity contribution in [1.29, 1.82) is 0 Å². The summed E-state index contributed by atoms with van der Waals surface area (Å²) in [7, 11) is 0. The molecule has 11 heteroatoms. The lowest BCUT2D eigenvalue weighted by Gasteiger charge is -2.36. The summed E-state index contributed by atoms with van der Waals surface area (Å²) in [5.74, 6) is 0.410. The van der Waals surface area contributed by atoms with Gasteiger partial charge in [-0.05, 0) is 48.9 Å². The molecule has 1 aliphatic heterocycles. The van der Waals surface area contributed by atoms with Crippen LogP contribution in [0.3, 0.4) is 0 Å². The summed E-state index contributed by atoms with van der Waals surface area (Å²) in [4.78, 5) is 36.4. The third kappa shape index (κ3) is 6.69. The van der Waals surface area contributed by atoms with Crippen molar-refractivity contribution in [2.45, 2.75) is 13.8 Å². The van der Waals surface area contributed by atoms with Crippen LogP contribution >= 0.6 is 23.2 Å². The lowest BCUT2D eigenvalue weighted by molar-refractivity contribution is -0.129. The molecule has 192 valence electrons. The molecule has 4 rings (SSSR count). The number of carbonyl (C=O) groups excluding carboxylic acids is 2. The minimum atomic E-state index is -0.481. The van der Waals surface area contributed by atoms with Crippen molar-refractivity contribution in [3.05, 3.63) is 70.9 Å². The van der Waals surface area contributed by atoms with E-state index in [9.17, 15) is 9.59 Å². The fraction of sp³-hybridized carbons (Fsp3) is 0.231. The maximum atomic E-state index is 11.8. The van der Waals surface area contributed by atoms with Gasteiger partial charge < -0.3 is 25.8 Å². The molecule has 9 nitrogen and oxygen atoms in total. The Balaban J connectivity index is 1.45. The smallest absolute Gasteiger partial charge is 0.266 e. The first kappa shape index (κ1) is 26.2. The lowest BCUT2D eigenvalue weighted by Crippen LogP contribution is -2.48. The van der Waals surface area contributed by atoms with Crippen LogP contribution in [0.2, 0.25) is 5.02 Å². The Morgan fingerprint density at radius 2 is 1.70 bits per heavy atom. The summed E-state index contributed by atoms with van der Waals surface area (Å²) < 4.78 is 0. The molecule has 0 aliphatic carbocycles.